The minimum absolute atomic E-state index is 0.0108. The topological polar surface area (TPSA) is 33.4 Å². The SMILES string of the molecule is CC1CCCCN1c1c(-c2cccc3ccccc23)nc2ccnn2c1C(F)(F)F. The summed E-state index contributed by atoms with van der Waals surface area (Å²) in [6, 6.07) is 14.9. The van der Waals surface area contributed by atoms with E-state index < -0.39 is 11.9 Å². The van der Waals surface area contributed by atoms with Gasteiger partial charge in [0.05, 0.1) is 17.6 Å². The fourth-order valence-corrected chi connectivity index (χ4v) is 4.51. The third kappa shape index (κ3) is 3.00. The molecule has 1 saturated heterocycles. The molecule has 2 aromatic heterocycles. The first-order valence-electron chi connectivity index (χ1n) is 10.1. The van der Waals surface area contributed by atoms with Crippen LogP contribution in [0, 0.1) is 0 Å². The summed E-state index contributed by atoms with van der Waals surface area (Å²) >= 11 is 0. The molecule has 3 heterocycles. The highest BCUT2D eigenvalue weighted by molar-refractivity contribution is 5.99. The molecular formula is C23H21F3N4. The van der Waals surface area contributed by atoms with Gasteiger partial charge in [-0.25, -0.2) is 9.50 Å². The van der Waals surface area contributed by atoms with Crippen molar-refractivity contribution in [2.45, 2.75) is 38.4 Å². The van der Waals surface area contributed by atoms with Gasteiger partial charge in [0.1, 0.15) is 0 Å². The predicted octanol–water partition coefficient (Wildman–Crippen LogP) is 5.95. The Bertz CT molecular complexity index is 1220. The number of nitrogens with zero attached hydrogens (tertiary/aromatic N) is 4. The monoisotopic (exact) mass is 410 g/mol. The third-order valence-corrected chi connectivity index (χ3v) is 5.91. The van der Waals surface area contributed by atoms with E-state index in [2.05, 4.69) is 5.10 Å². The number of halogens is 3. The van der Waals surface area contributed by atoms with Crippen molar-refractivity contribution < 1.29 is 13.2 Å². The molecule has 154 valence electrons. The highest BCUT2D eigenvalue weighted by Gasteiger charge is 2.42. The van der Waals surface area contributed by atoms with Gasteiger partial charge in [-0.1, -0.05) is 42.5 Å². The zero-order valence-corrected chi connectivity index (χ0v) is 16.5. The lowest BCUT2D eigenvalue weighted by Gasteiger charge is -2.37. The van der Waals surface area contributed by atoms with Crippen molar-refractivity contribution in [2.75, 3.05) is 11.4 Å². The number of hydrogen-bond donors (Lipinski definition) is 0. The van der Waals surface area contributed by atoms with E-state index >= 15 is 0 Å². The number of anilines is 1. The summed E-state index contributed by atoms with van der Waals surface area (Å²) in [6.07, 6.45) is -0.482. The van der Waals surface area contributed by atoms with Gasteiger partial charge in [-0.15, -0.1) is 0 Å². The molecule has 30 heavy (non-hydrogen) atoms. The average molecular weight is 410 g/mol. The lowest BCUT2D eigenvalue weighted by Crippen LogP contribution is -2.40. The largest absolute Gasteiger partial charge is 0.435 e. The summed E-state index contributed by atoms with van der Waals surface area (Å²) in [5, 5.41) is 5.82. The second-order valence-electron chi connectivity index (χ2n) is 7.82. The first-order chi connectivity index (χ1) is 14.4. The van der Waals surface area contributed by atoms with Crippen LogP contribution in [0.25, 0.3) is 27.7 Å². The van der Waals surface area contributed by atoms with E-state index in [1.165, 1.54) is 12.3 Å². The zero-order valence-electron chi connectivity index (χ0n) is 16.5. The maximum Gasteiger partial charge on any atom is 0.435 e. The molecule has 0 bridgehead atoms. The summed E-state index contributed by atoms with van der Waals surface area (Å²) < 4.78 is 44.2. The summed E-state index contributed by atoms with van der Waals surface area (Å²) in [4.78, 5) is 6.57. The summed E-state index contributed by atoms with van der Waals surface area (Å²) in [7, 11) is 0. The van der Waals surface area contributed by atoms with Gasteiger partial charge >= 0.3 is 6.18 Å². The number of hydrogen-bond acceptors (Lipinski definition) is 3. The molecule has 0 amide bonds. The van der Waals surface area contributed by atoms with E-state index in [4.69, 9.17) is 4.98 Å². The normalized spacial score (nSPS) is 17.7. The van der Waals surface area contributed by atoms with Crippen molar-refractivity contribution in [1.29, 1.82) is 0 Å². The Kier molecular flexibility index (Phi) is 4.41. The Balaban J connectivity index is 1.91. The molecule has 5 rings (SSSR count). The van der Waals surface area contributed by atoms with E-state index in [-0.39, 0.29) is 17.4 Å². The second kappa shape index (κ2) is 7.00. The summed E-state index contributed by atoms with van der Waals surface area (Å²) in [5.41, 5.74) is 0.631. The van der Waals surface area contributed by atoms with Crippen LogP contribution in [0.2, 0.25) is 0 Å². The summed E-state index contributed by atoms with van der Waals surface area (Å²) in [5.74, 6) is 0. The molecule has 4 nitrogen and oxygen atoms in total. The van der Waals surface area contributed by atoms with Crippen LogP contribution < -0.4 is 4.90 Å². The van der Waals surface area contributed by atoms with Crippen molar-refractivity contribution in [3.8, 4) is 11.3 Å². The second-order valence-corrected chi connectivity index (χ2v) is 7.82. The van der Waals surface area contributed by atoms with Crippen LogP contribution in [0.5, 0.6) is 0 Å². The Morgan fingerprint density at radius 2 is 1.80 bits per heavy atom. The van der Waals surface area contributed by atoms with Crippen LogP contribution in [0.4, 0.5) is 18.9 Å². The predicted molar refractivity (Wildman–Crippen MR) is 112 cm³/mol. The van der Waals surface area contributed by atoms with Crippen LogP contribution in [-0.4, -0.2) is 27.2 Å². The van der Waals surface area contributed by atoms with Crippen molar-refractivity contribution in [3.05, 3.63) is 60.4 Å². The van der Waals surface area contributed by atoms with Crippen molar-refractivity contribution in [2.24, 2.45) is 0 Å². The Morgan fingerprint density at radius 3 is 2.60 bits per heavy atom. The molecule has 0 spiro atoms. The lowest BCUT2D eigenvalue weighted by molar-refractivity contribution is -0.142. The van der Waals surface area contributed by atoms with Gasteiger partial charge < -0.3 is 4.90 Å². The molecule has 0 radical (unpaired) electrons. The Hall–Kier alpha value is -3.09. The fourth-order valence-electron chi connectivity index (χ4n) is 4.51. The Labute approximate surface area is 172 Å². The molecule has 0 N–H and O–H groups in total. The van der Waals surface area contributed by atoms with Crippen LogP contribution in [-0.2, 0) is 6.18 Å². The molecule has 7 heteroatoms. The van der Waals surface area contributed by atoms with Crippen molar-refractivity contribution in [3.63, 3.8) is 0 Å². The smallest absolute Gasteiger partial charge is 0.365 e. The van der Waals surface area contributed by atoms with Gasteiger partial charge in [0, 0.05) is 24.2 Å². The highest BCUT2D eigenvalue weighted by Crippen LogP contribution is 2.44. The molecule has 1 unspecified atom stereocenters. The molecule has 1 aliphatic rings. The fraction of sp³-hybridized carbons (Fsp3) is 0.304. The van der Waals surface area contributed by atoms with E-state index in [9.17, 15) is 13.2 Å². The van der Waals surface area contributed by atoms with Crippen LogP contribution >= 0.6 is 0 Å². The van der Waals surface area contributed by atoms with Gasteiger partial charge in [-0.05, 0) is 37.0 Å². The molecule has 1 aliphatic heterocycles. The standard InChI is InChI=1S/C23H21F3N4/c1-15-7-4-5-14-29(15)21-20(18-11-6-9-16-8-2-3-10-17(16)18)28-19-12-13-27-30(19)22(21)23(24,25)26/h2-3,6,8-13,15H,4-5,7,14H2,1H3. The number of piperidine rings is 1. The van der Waals surface area contributed by atoms with Gasteiger partial charge in [0.15, 0.2) is 11.3 Å². The van der Waals surface area contributed by atoms with E-state index in [1.54, 1.807) is 0 Å². The number of aromatic nitrogens is 3. The van der Waals surface area contributed by atoms with Crippen molar-refractivity contribution in [1.82, 2.24) is 14.6 Å². The number of fused-ring (bicyclic) bond motifs is 2. The number of alkyl halides is 3. The van der Waals surface area contributed by atoms with Gasteiger partial charge in [0.25, 0.3) is 0 Å². The maximum atomic E-state index is 14.4. The van der Waals surface area contributed by atoms with Crippen LogP contribution in [0.15, 0.2) is 54.7 Å². The van der Waals surface area contributed by atoms with E-state index in [0.717, 1.165) is 34.6 Å². The highest BCUT2D eigenvalue weighted by atomic mass is 19.4. The third-order valence-electron chi connectivity index (χ3n) is 5.91. The molecule has 0 aliphatic carbocycles. The quantitative estimate of drug-likeness (QED) is 0.410. The lowest BCUT2D eigenvalue weighted by atomic mass is 9.97. The molecule has 1 fully saturated rings. The minimum atomic E-state index is -4.57. The molecule has 4 aromatic rings. The number of benzene rings is 2. The van der Waals surface area contributed by atoms with Gasteiger partial charge in [-0.2, -0.15) is 18.3 Å². The maximum absolute atomic E-state index is 14.4. The van der Waals surface area contributed by atoms with Crippen molar-refractivity contribution >= 4 is 22.1 Å². The van der Waals surface area contributed by atoms with Crippen LogP contribution in [0.1, 0.15) is 31.9 Å². The summed E-state index contributed by atoms with van der Waals surface area (Å²) in [6.45, 7) is 2.55. The molecule has 2 aromatic carbocycles. The number of rotatable bonds is 2. The molecular weight excluding hydrogens is 389 g/mol. The minimum Gasteiger partial charge on any atom is -0.365 e. The first-order valence-corrected chi connectivity index (χ1v) is 10.1. The van der Waals surface area contributed by atoms with Crippen LogP contribution in [0.3, 0.4) is 0 Å². The van der Waals surface area contributed by atoms with Gasteiger partial charge in [-0.3, -0.25) is 0 Å². The molecule has 1 atom stereocenters. The van der Waals surface area contributed by atoms with E-state index in [1.807, 2.05) is 54.3 Å². The van der Waals surface area contributed by atoms with E-state index in [0.29, 0.717) is 17.8 Å². The zero-order chi connectivity index (χ0) is 20.9. The Morgan fingerprint density at radius 1 is 1.00 bits per heavy atom. The average Bonchev–Trinajstić information content (AvgIpc) is 3.20. The van der Waals surface area contributed by atoms with Gasteiger partial charge in [0.2, 0.25) is 0 Å². The molecule has 0 saturated carbocycles. The first kappa shape index (κ1) is 18.9.